The Labute approximate surface area is 232 Å². The first kappa shape index (κ1) is 29.8. The van der Waals surface area contributed by atoms with Crippen LogP contribution in [0.2, 0.25) is 0 Å². The molecule has 0 aliphatic carbocycles. The topological polar surface area (TPSA) is 61.9 Å². The molecule has 2 aliphatic rings. The summed E-state index contributed by atoms with van der Waals surface area (Å²) in [7, 11) is 0. The third-order valence-electron chi connectivity index (χ3n) is 7.86. The largest absolute Gasteiger partial charge is 0.416 e. The molecule has 0 radical (unpaired) electrons. The molecule has 2 aliphatic heterocycles. The van der Waals surface area contributed by atoms with Crippen LogP contribution in [-0.2, 0) is 25.9 Å². The summed E-state index contributed by atoms with van der Waals surface area (Å²) in [6.45, 7) is 10.8. The lowest BCUT2D eigenvalue weighted by Crippen LogP contribution is -2.49. The van der Waals surface area contributed by atoms with Crippen molar-refractivity contribution in [2.24, 2.45) is 5.92 Å². The number of hydrogen-bond acceptors (Lipinski definition) is 4. The molecule has 2 aromatic carbocycles. The summed E-state index contributed by atoms with van der Waals surface area (Å²) in [5.74, 6) is -1.92. The zero-order valence-corrected chi connectivity index (χ0v) is 23.4. The Kier molecular flexibility index (Phi) is 8.77. The fraction of sp³-hybridized carbons (Fsp3) is 0.533. The van der Waals surface area contributed by atoms with Crippen LogP contribution in [0, 0.1) is 11.7 Å². The van der Waals surface area contributed by atoms with Crippen LogP contribution in [0.25, 0.3) is 0 Å². The van der Waals surface area contributed by atoms with Gasteiger partial charge in [0.2, 0.25) is 11.8 Å². The van der Waals surface area contributed by atoms with Gasteiger partial charge in [-0.25, -0.2) is 4.39 Å². The molecule has 1 fully saturated rings. The molecule has 40 heavy (non-hydrogen) atoms. The van der Waals surface area contributed by atoms with Crippen LogP contribution < -0.4 is 10.2 Å². The van der Waals surface area contributed by atoms with Crippen molar-refractivity contribution in [1.29, 1.82) is 0 Å². The van der Waals surface area contributed by atoms with Crippen LogP contribution >= 0.6 is 0 Å². The van der Waals surface area contributed by atoms with E-state index >= 15 is 0 Å². The first-order valence-electron chi connectivity index (χ1n) is 13.6. The minimum absolute atomic E-state index is 0.0137. The van der Waals surface area contributed by atoms with Crippen LogP contribution in [0.3, 0.4) is 0 Å². The van der Waals surface area contributed by atoms with Crippen molar-refractivity contribution in [3.63, 3.8) is 0 Å². The molecule has 1 saturated heterocycles. The molecular formula is C30H37F4N3O3. The molecule has 0 bridgehead atoms. The van der Waals surface area contributed by atoms with Gasteiger partial charge in [0.25, 0.3) is 0 Å². The van der Waals surface area contributed by atoms with Gasteiger partial charge in [-0.2, -0.15) is 13.2 Å². The molecule has 2 unspecified atom stereocenters. The molecule has 0 spiro atoms. The average molecular weight is 564 g/mol. The monoisotopic (exact) mass is 563 g/mol. The number of morpholine rings is 1. The lowest BCUT2D eigenvalue weighted by Gasteiger charge is -2.32. The van der Waals surface area contributed by atoms with Crippen molar-refractivity contribution in [3.05, 3.63) is 65.0 Å². The van der Waals surface area contributed by atoms with Crippen molar-refractivity contribution in [2.45, 2.75) is 57.7 Å². The fourth-order valence-electron chi connectivity index (χ4n) is 5.46. The Balaban J connectivity index is 1.56. The second kappa shape index (κ2) is 11.8. The standard InChI is InChI=1S/C30H37F4N3O3/c1-19(2)25(17-37-18-29(3,4)24-15-22(31)9-10-26(24)37)35-28(39)23(16-27(38)36-11-13-40-14-12-36)20-5-7-21(8-6-20)30(32,33)34/h5-10,15,19,23,25H,11-14,16-18H2,1-4H3,(H,35,39). The summed E-state index contributed by atoms with van der Waals surface area (Å²) >= 11 is 0. The van der Waals surface area contributed by atoms with Gasteiger partial charge in [-0.1, -0.05) is 39.8 Å². The maximum atomic E-state index is 14.0. The van der Waals surface area contributed by atoms with Gasteiger partial charge in [0.1, 0.15) is 5.82 Å². The number of ether oxygens (including phenoxy) is 1. The summed E-state index contributed by atoms with van der Waals surface area (Å²) < 4.78 is 58.9. The minimum atomic E-state index is -4.51. The van der Waals surface area contributed by atoms with E-state index in [0.29, 0.717) is 45.0 Å². The van der Waals surface area contributed by atoms with Gasteiger partial charge >= 0.3 is 6.18 Å². The van der Waals surface area contributed by atoms with E-state index in [0.717, 1.165) is 23.4 Å². The molecule has 10 heteroatoms. The molecule has 4 rings (SSSR count). The molecule has 0 aromatic heterocycles. The van der Waals surface area contributed by atoms with Gasteiger partial charge in [-0.05, 0) is 47.4 Å². The molecule has 1 N–H and O–H groups in total. The zero-order valence-electron chi connectivity index (χ0n) is 23.4. The average Bonchev–Trinajstić information content (AvgIpc) is 3.15. The highest BCUT2D eigenvalue weighted by Gasteiger charge is 2.38. The second-order valence-corrected chi connectivity index (χ2v) is 11.7. The van der Waals surface area contributed by atoms with E-state index in [4.69, 9.17) is 4.74 Å². The highest BCUT2D eigenvalue weighted by molar-refractivity contribution is 5.90. The molecule has 2 amide bonds. The molecule has 6 nitrogen and oxygen atoms in total. The smallest absolute Gasteiger partial charge is 0.378 e. The number of nitrogens with one attached hydrogen (secondary N) is 1. The molecule has 2 heterocycles. The van der Waals surface area contributed by atoms with Gasteiger partial charge < -0.3 is 19.9 Å². The number of benzene rings is 2. The van der Waals surface area contributed by atoms with Crippen molar-refractivity contribution < 1.29 is 31.9 Å². The Morgan fingerprint density at radius 3 is 2.30 bits per heavy atom. The summed E-state index contributed by atoms with van der Waals surface area (Å²) in [5.41, 5.74) is 1.06. The van der Waals surface area contributed by atoms with Crippen LogP contribution in [0.4, 0.5) is 23.2 Å². The number of halogens is 4. The quantitative estimate of drug-likeness (QED) is 0.454. The van der Waals surface area contributed by atoms with E-state index in [1.54, 1.807) is 17.0 Å². The van der Waals surface area contributed by atoms with E-state index < -0.39 is 23.6 Å². The van der Waals surface area contributed by atoms with Gasteiger partial charge in [0, 0.05) is 49.7 Å². The van der Waals surface area contributed by atoms with Crippen molar-refractivity contribution in [3.8, 4) is 0 Å². The predicted molar refractivity (Wildman–Crippen MR) is 145 cm³/mol. The van der Waals surface area contributed by atoms with Crippen molar-refractivity contribution in [2.75, 3.05) is 44.3 Å². The van der Waals surface area contributed by atoms with Crippen molar-refractivity contribution >= 4 is 17.5 Å². The SMILES string of the molecule is CC(C)C(CN1CC(C)(C)c2cc(F)ccc21)NC(=O)C(CC(=O)N1CCOCC1)c1ccc(C(F)(F)F)cc1. The number of carbonyl (C=O) groups excluding carboxylic acids is 2. The van der Waals surface area contributed by atoms with Crippen LogP contribution in [-0.4, -0.2) is 62.1 Å². The molecule has 218 valence electrons. The minimum Gasteiger partial charge on any atom is -0.378 e. The van der Waals surface area contributed by atoms with E-state index in [-0.39, 0.29) is 35.5 Å². The molecule has 0 saturated carbocycles. The van der Waals surface area contributed by atoms with Crippen LogP contribution in [0.5, 0.6) is 0 Å². The first-order chi connectivity index (χ1) is 18.8. The summed E-state index contributed by atoms with van der Waals surface area (Å²) in [6, 6.07) is 8.84. The van der Waals surface area contributed by atoms with Crippen LogP contribution in [0.15, 0.2) is 42.5 Å². The lowest BCUT2D eigenvalue weighted by atomic mass is 9.87. The number of alkyl halides is 3. The van der Waals surface area contributed by atoms with Gasteiger partial charge in [-0.3, -0.25) is 9.59 Å². The summed E-state index contributed by atoms with van der Waals surface area (Å²) in [6.07, 6.45) is -4.67. The maximum absolute atomic E-state index is 14.0. The van der Waals surface area contributed by atoms with Gasteiger partial charge in [0.05, 0.1) is 24.7 Å². The fourth-order valence-corrected chi connectivity index (χ4v) is 5.46. The molecule has 2 atom stereocenters. The number of anilines is 1. The maximum Gasteiger partial charge on any atom is 0.416 e. The first-order valence-corrected chi connectivity index (χ1v) is 13.6. The van der Waals surface area contributed by atoms with E-state index in [9.17, 15) is 27.2 Å². The number of amides is 2. The summed E-state index contributed by atoms with van der Waals surface area (Å²) in [4.78, 5) is 30.6. The highest BCUT2D eigenvalue weighted by Crippen LogP contribution is 2.41. The Hall–Kier alpha value is -3.14. The van der Waals surface area contributed by atoms with E-state index in [1.807, 2.05) is 27.7 Å². The Morgan fingerprint density at radius 2 is 1.70 bits per heavy atom. The molecule has 2 aromatic rings. The summed E-state index contributed by atoms with van der Waals surface area (Å²) in [5, 5.41) is 3.09. The van der Waals surface area contributed by atoms with Gasteiger partial charge in [0.15, 0.2) is 0 Å². The molecular weight excluding hydrogens is 526 g/mol. The number of rotatable bonds is 8. The third-order valence-corrected chi connectivity index (χ3v) is 7.86. The van der Waals surface area contributed by atoms with Gasteiger partial charge in [-0.15, -0.1) is 0 Å². The Bertz CT molecular complexity index is 1210. The highest BCUT2D eigenvalue weighted by atomic mass is 19.4. The lowest BCUT2D eigenvalue weighted by molar-refractivity contribution is -0.138. The normalized spacial score (nSPS) is 18.4. The number of carbonyl (C=O) groups is 2. The third kappa shape index (κ3) is 6.77. The van der Waals surface area contributed by atoms with Crippen molar-refractivity contribution in [1.82, 2.24) is 10.2 Å². The second-order valence-electron chi connectivity index (χ2n) is 11.7. The number of nitrogens with zero attached hydrogens (tertiary/aromatic N) is 2. The number of fused-ring (bicyclic) bond motifs is 1. The van der Waals surface area contributed by atoms with Crippen LogP contribution in [0.1, 0.15) is 56.7 Å². The Morgan fingerprint density at radius 1 is 1.05 bits per heavy atom. The van der Waals surface area contributed by atoms with E-state index in [2.05, 4.69) is 10.2 Å². The van der Waals surface area contributed by atoms with E-state index in [1.165, 1.54) is 18.2 Å². The zero-order chi connectivity index (χ0) is 29.2. The number of hydrogen-bond donors (Lipinski definition) is 1. The predicted octanol–water partition coefficient (Wildman–Crippen LogP) is 5.12.